The van der Waals surface area contributed by atoms with Crippen molar-refractivity contribution in [2.45, 2.75) is 6.54 Å². The molecule has 2 aromatic heterocycles. The maximum Gasteiger partial charge on any atom is 0.267 e. The molecule has 0 spiro atoms. The van der Waals surface area contributed by atoms with Crippen molar-refractivity contribution in [2.75, 3.05) is 36.5 Å². The van der Waals surface area contributed by atoms with Crippen LogP contribution in [0.3, 0.4) is 0 Å². The highest BCUT2D eigenvalue weighted by molar-refractivity contribution is 5.90. The molecule has 0 saturated carbocycles. The van der Waals surface area contributed by atoms with E-state index >= 15 is 0 Å². The van der Waals surface area contributed by atoms with Crippen molar-refractivity contribution < 1.29 is 9.53 Å². The highest BCUT2D eigenvalue weighted by Crippen LogP contribution is 2.10. The van der Waals surface area contributed by atoms with E-state index in [1.807, 2.05) is 4.90 Å². The van der Waals surface area contributed by atoms with Crippen LogP contribution in [0.1, 0.15) is 0 Å². The lowest BCUT2D eigenvalue weighted by Gasteiger charge is -2.27. The van der Waals surface area contributed by atoms with Gasteiger partial charge in [0.15, 0.2) is 0 Å². The third-order valence-corrected chi connectivity index (χ3v) is 3.43. The molecule has 0 unspecified atom stereocenters. The number of carbonyl (C=O) groups excluding carboxylic acids is 1. The average molecular weight is 315 g/mol. The van der Waals surface area contributed by atoms with Gasteiger partial charge in [-0.05, 0) is 18.2 Å². The molecule has 1 aliphatic heterocycles. The third kappa shape index (κ3) is 3.92. The molecule has 23 heavy (non-hydrogen) atoms. The average Bonchev–Trinajstić information content (AvgIpc) is 2.58. The van der Waals surface area contributed by atoms with Gasteiger partial charge in [-0.1, -0.05) is 0 Å². The largest absolute Gasteiger partial charge is 0.378 e. The van der Waals surface area contributed by atoms with Crippen LogP contribution in [0.4, 0.5) is 11.5 Å². The first-order chi connectivity index (χ1) is 11.2. The van der Waals surface area contributed by atoms with Crippen LogP contribution in [0.25, 0.3) is 0 Å². The Morgan fingerprint density at radius 3 is 2.83 bits per heavy atom. The molecule has 1 aliphatic rings. The standard InChI is InChI=1S/C15H17N5O3/c21-14(17-12-2-1-5-16-10-12)11-20-15(22)4-3-13(18-20)19-6-8-23-9-7-19/h1-5,10H,6-9,11H2,(H,17,21). The molecule has 2 aromatic rings. The Balaban J connectivity index is 1.71. The van der Waals surface area contributed by atoms with E-state index in [0.717, 1.165) is 4.68 Å². The van der Waals surface area contributed by atoms with Crippen LogP contribution in [0.2, 0.25) is 0 Å². The van der Waals surface area contributed by atoms with Crippen LogP contribution in [0.5, 0.6) is 0 Å². The molecule has 0 bridgehead atoms. The monoisotopic (exact) mass is 315 g/mol. The molecule has 8 nitrogen and oxygen atoms in total. The summed E-state index contributed by atoms with van der Waals surface area (Å²) in [5.74, 6) is 0.341. The van der Waals surface area contributed by atoms with Crippen molar-refractivity contribution in [3.63, 3.8) is 0 Å². The lowest BCUT2D eigenvalue weighted by atomic mass is 10.4. The first-order valence-electron chi connectivity index (χ1n) is 7.33. The van der Waals surface area contributed by atoms with E-state index in [2.05, 4.69) is 15.4 Å². The Morgan fingerprint density at radius 2 is 2.09 bits per heavy atom. The molecule has 3 heterocycles. The van der Waals surface area contributed by atoms with Crippen LogP contribution in [0, 0.1) is 0 Å². The van der Waals surface area contributed by atoms with Crippen LogP contribution in [0.15, 0.2) is 41.5 Å². The van der Waals surface area contributed by atoms with E-state index < -0.39 is 0 Å². The number of amides is 1. The number of pyridine rings is 1. The van der Waals surface area contributed by atoms with E-state index in [0.29, 0.717) is 37.8 Å². The van der Waals surface area contributed by atoms with Gasteiger partial charge in [-0.3, -0.25) is 14.6 Å². The predicted octanol–water partition coefficient (Wildman–Crippen LogP) is 0.114. The normalized spacial score (nSPS) is 14.5. The van der Waals surface area contributed by atoms with Crippen LogP contribution in [-0.2, 0) is 16.1 Å². The highest BCUT2D eigenvalue weighted by atomic mass is 16.5. The molecule has 0 atom stereocenters. The molecule has 1 amide bonds. The molecule has 3 rings (SSSR count). The number of hydrogen-bond donors (Lipinski definition) is 1. The smallest absolute Gasteiger partial charge is 0.267 e. The second-order valence-electron chi connectivity index (χ2n) is 5.08. The van der Waals surface area contributed by atoms with E-state index in [1.165, 1.54) is 12.3 Å². The van der Waals surface area contributed by atoms with Crippen molar-refractivity contribution >= 4 is 17.4 Å². The Hall–Kier alpha value is -2.74. The summed E-state index contributed by atoms with van der Waals surface area (Å²) < 4.78 is 6.46. The molecule has 1 fully saturated rings. The molecular weight excluding hydrogens is 298 g/mol. The van der Waals surface area contributed by atoms with Crippen molar-refractivity contribution in [1.29, 1.82) is 0 Å². The SMILES string of the molecule is O=C(Cn1nc(N2CCOCC2)ccc1=O)Nc1cccnc1. The van der Waals surface area contributed by atoms with E-state index in [4.69, 9.17) is 4.74 Å². The summed E-state index contributed by atoms with van der Waals surface area (Å²) in [5, 5.41) is 6.96. The van der Waals surface area contributed by atoms with Crippen molar-refractivity contribution in [3.05, 3.63) is 47.0 Å². The molecule has 0 aromatic carbocycles. The number of aromatic nitrogens is 3. The second kappa shape index (κ2) is 7.01. The first-order valence-corrected chi connectivity index (χ1v) is 7.33. The molecule has 0 radical (unpaired) electrons. The second-order valence-corrected chi connectivity index (χ2v) is 5.08. The lowest BCUT2D eigenvalue weighted by Crippen LogP contribution is -2.38. The zero-order valence-electron chi connectivity index (χ0n) is 12.5. The van der Waals surface area contributed by atoms with Crippen LogP contribution >= 0.6 is 0 Å². The number of nitrogens with one attached hydrogen (secondary N) is 1. The van der Waals surface area contributed by atoms with Gasteiger partial charge in [0.05, 0.1) is 25.1 Å². The van der Waals surface area contributed by atoms with Gasteiger partial charge in [-0.2, -0.15) is 5.10 Å². The number of hydrogen-bond acceptors (Lipinski definition) is 6. The summed E-state index contributed by atoms with van der Waals surface area (Å²) in [7, 11) is 0. The van der Waals surface area contributed by atoms with Gasteiger partial charge in [0, 0.05) is 25.4 Å². The molecule has 1 N–H and O–H groups in total. The minimum Gasteiger partial charge on any atom is -0.378 e. The van der Waals surface area contributed by atoms with Gasteiger partial charge in [0.25, 0.3) is 5.56 Å². The fraction of sp³-hybridized carbons (Fsp3) is 0.333. The Labute approximate surface area is 132 Å². The van der Waals surface area contributed by atoms with Crippen LogP contribution in [-0.4, -0.2) is 47.0 Å². The molecule has 0 aliphatic carbocycles. The van der Waals surface area contributed by atoms with Gasteiger partial charge in [0.2, 0.25) is 5.91 Å². The molecule has 120 valence electrons. The molecule has 8 heteroatoms. The summed E-state index contributed by atoms with van der Waals surface area (Å²) >= 11 is 0. The fourth-order valence-electron chi connectivity index (χ4n) is 2.29. The van der Waals surface area contributed by atoms with Gasteiger partial charge < -0.3 is 15.0 Å². The molecule has 1 saturated heterocycles. The van der Waals surface area contributed by atoms with E-state index in [-0.39, 0.29) is 18.0 Å². The predicted molar refractivity (Wildman–Crippen MR) is 84.4 cm³/mol. The minimum absolute atomic E-state index is 0.147. The third-order valence-electron chi connectivity index (χ3n) is 3.43. The summed E-state index contributed by atoms with van der Waals surface area (Å²) in [5.41, 5.74) is 0.262. The number of nitrogens with zero attached hydrogens (tertiary/aromatic N) is 4. The summed E-state index contributed by atoms with van der Waals surface area (Å²) in [6, 6.07) is 6.54. The topological polar surface area (TPSA) is 89.4 Å². The zero-order chi connectivity index (χ0) is 16.1. The number of morpholine rings is 1. The van der Waals surface area contributed by atoms with Crippen molar-refractivity contribution in [3.8, 4) is 0 Å². The highest BCUT2D eigenvalue weighted by Gasteiger charge is 2.14. The van der Waals surface area contributed by atoms with Crippen molar-refractivity contribution in [1.82, 2.24) is 14.8 Å². The zero-order valence-corrected chi connectivity index (χ0v) is 12.5. The Bertz CT molecular complexity index is 725. The number of carbonyl (C=O) groups is 1. The number of anilines is 2. The quantitative estimate of drug-likeness (QED) is 0.861. The Kier molecular flexibility index (Phi) is 4.62. The lowest BCUT2D eigenvalue weighted by molar-refractivity contribution is -0.117. The maximum absolute atomic E-state index is 12.0. The van der Waals surface area contributed by atoms with Gasteiger partial charge in [0.1, 0.15) is 12.4 Å². The first kappa shape index (κ1) is 15.2. The fourth-order valence-corrected chi connectivity index (χ4v) is 2.29. The van der Waals surface area contributed by atoms with Crippen LogP contribution < -0.4 is 15.8 Å². The molecular formula is C15H17N5O3. The number of rotatable bonds is 4. The minimum atomic E-state index is -0.327. The summed E-state index contributed by atoms with van der Waals surface area (Å²) in [4.78, 5) is 29.9. The van der Waals surface area contributed by atoms with Gasteiger partial charge in [-0.25, -0.2) is 4.68 Å². The number of ether oxygens (including phenoxy) is 1. The summed E-state index contributed by atoms with van der Waals surface area (Å²) in [6.45, 7) is 2.54. The van der Waals surface area contributed by atoms with E-state index in [9.17, 15) is 9.59 Å². The maximum atomic E-state index is 12.0. The van der Waals surface area contributed by atoms with E-state index in [1.54, 1.807) is 24.4 Å². The summed E-state index contributed by atoms with van der Waals surface area (Å²) in [6.07, 6.45) is 3.16. The van der Waals surface area contributed by atoms with Crippen molar-refractivity contribution in [2.24, 2.45) is 0 Å². The van der Waals surface area contributed by atoms with Gasteiger partial charge >= 0.3 is 0 Å². The Morgan fingerprint density at radius 1 is 1.26 bits per heavy atom. The van der Waals surface area contributed by atoms with Gasteiger partial charge in [-0.15, -0.1) is 0 Å².